The molecule has 0 aliphatic rings. The Labute approximate surface area is 467 Å². The molecule has 0 aromatic rings. The maximum absolute atomic E-state index is 12.9. The van der Waals surface area contributed by atoms with E-state index in [-0.39, 0.29) is 31.1 Å². The molecule has 0 N–H and O–H groups in total. The number of esters is 3. The van der Waals surface area contributed by atoms with E-state index < -0.39 is 6.10 Å². The quantitative estimate of drug-likeness (QED) is 0.0261. The Balaban J connectivity index is 4.34. The van der Waals surface area contributed by atoms with Gasteiger partial charge in [0.05, 0.1) is 0 Å². The molecule has 0 fully saturated rings. The molecular formula is C69H128O6. The summed E-state index contributed by atoms with van der Waals surface area (Å²) in [5, 5.41) is 0. The van der Waals surface area contributed by atoms with Gasteiger partial charge in [0.15, 0.2) is 6.10 Å². The van der Waals surface area contributed by atoms with E-state index in [1.807, 2.05) is 0 Å². The van der Waals surface area contributed by atoms with E-state index in [2.05, 4.69) is 57.2 Å². The third kappa shape index (κ3) is 62.4. The third-order valence-electron chi connectivity index (χ3n) is 15.1. The van der Waals surface area contributed by atoms with Gasteiger partial charge in [0.2, 0.25) is 0 Å². The Morgan fingerprint density at radius 2 is 0.480 bits per heavy atom. The lowest BCUT2D eigenvalue weighted by Gasteiger charge is -2.18. The lowest BCUT2D eigenvalue weighted by molar-refractivity contribution is -0.167. The molecule has 0 rings (SSSR count). The summed E-state index contributed by atoms with van der Waals surface area (Å²) in [4.78, 5) is 38.4. The molecule has 0 radical (unpaired) electrons. The highest BCUT2D eigenvalue weighted by molar-refractivity contribution is 5.71. The molecule has 0 spiro atoms. The van der Waals surface area contributed by atoms with E-state index in [0.717, 1.165) is 77.0 Å². The molecular weight excluding hydrogens is 925 g/mol. The monoisotopic (exact) mass is 1050 g/mol. The van der Waals surface area contributed by atoms with Crippen LogP contribution in [0.25, 0.3) is 0 Å². The minimum atomic E-state index is -0.777. The zero-order chi connectivity index (χ0) is 54.3. The van der Waals surface area contributed by atoms with E-state index in [1.54, 1.807) is 0 Å². The van der Waals surface area contributed by atoms with E-state index in [9.17, 15) is 14.4 Å². The molecule has 440 valence electrons. The first-order chi connectivity index (χ1) is 37.0. The molecule has 0 heterocycles. The number of carbonyl (C=O) groups excluding carboxylic acids is 3. The fraction of sp³-hybridized carbons (Fsp3) is 0.870. The summed E-state index contributed by atoms with van der Waals surface area (Å²) in [5.74, 6) is -0.855. The van der Waals surface area contributed by atoms with Crippen LogP contribution in [0.3, 0.4) is 0 Å². The summed E-state index contributed by atoms with van der Waals surface area (Å²) < 4.78 is 17.0. The topological polar surface area (TPSA) is 78.9 Å². The standard InChI is InChI=1S/C69H128O6/c1-4-7-10-13-16-19-22-25-28-31-34-36-38-41-44-47-50-53-56-59-62-68(71)74-65-66(64-73-67(70)61-58-55-52-49-46-43-40-37-33-30-27-24-21-18-15-12-9-6-3)75-69(72)63-60-57-54-51-48-45-42-39-35-32-29-26-23-20-17-14-11-8-5-2/h17,20,26,29,35,39,66H,4-16,18-19,21-25,27-28,30-34,36-38,40-65H2,1-3H3/b20-17-,29-26-,39-35-. The Bertz CT molecular complexity index is 1250. The van der Waals surface area contributed by atoms with Crippen molar-refractivity contribution in [3.8, 4) is 0 Å². The average molecular weight is 1050 g/mol. The fourth-order valence-corrected chi connectivity index (χ4v) is 10.1. The van der Waals surface area contributed by atoms with Crippen LogP contribution in [0.5, 0.6) is 0 Å². The van der Waals surface area contributed by atoms with E-state index in [1.165, 1.54) is 250 Å². The SMILES string of the molecule is CCCCC/C=C\C/C=C\C/C=C\CCCCCCCCC(=O)OC(COC(=O)CCCCCCCCCCCCCCCCCCCC)COC(=O)CCCCCCCCCCCCCCCCCCCCCC. The van der Waals surface area contributed by atoms with Crippen molar-refractivity contribution in [3.05, 3.63) is 36.5 Å². The van der Waals surface area contributed by atoms with Gasteiger partial charge in [-0.05, 0) is 57.8 Å². The van der Waals surface area contributed by atoms with Gasteiger partial charge < -0.3 is 14.2 Å². The summed E-state index contributed by atoms with van der Waals surface area (Å²) in [7, 11) is 0. The number of ether oxygens (including phenoxy) is 3. The van der Waals surface area contributed by atoms with Crippen molar-refractivity contribution in [2.75, 3.05) is 13.2 Å². The molecule has 1 unspecified atom stereocenters. The lowest BCUT2D eigenvalue weighted by Crippen LogP contribution is -2.30. The van der Waals surface area contributed by atoms with Crippen LogP contribution in [0.1, 0.15) is 367 Å². The first-order valence-electron chi connectivity index (χ1n) is 33.5. The molecule has 0 aromatic carbocycles. The van der Waals surface area contributed by atoms with Crippen LogP contribution in [0.4, 0.5) is 0 Å². The molecule has 0 saturated carbocycles. The molecule has 0 aromatic heterocycles. The lowest BCUT2D eigenvalue weighted by atomic mass is 10.0. The van der Waals surface area contributed by atoms with Crippen molar-refractivity contribution in [1.82, 2.24) is 0 Å². The summed E-state index contributed by atoms with van der Waals surface area (Å²) in [6.45, 7) is 6.68. The van der Waals surface area contributed by atoms with E-state index in [0.29, 0.717) is 19.3 Å². The highest BCUT2D eigenvalue weighted by Gasteiger charge is 2.19. The maximum atomic E-state index is 12.9. The van der Waals surface area contributed by atoms with Crippen LogP contribution >= 0.6 is 0 Å². The van der Waals surface area contributed by atoms with Crippen molar-refractivity contribution >= 4 is 17.9 Å². The molecule has 6 heteroatoms. The van der Waals surface area contributed by atoms with Gasteiger partial charge in [-0.15, -0.1) is 0 Å². The highest BCUT2D eigenvalue weighted by Crippen LogP contribution is 2.18. The molecule has 0 bridgehead atoms. The second-order valence-electron chi connectivity index (χ2n) is 22.7. The van der Waals surface area contributed by atoms with Gasteiger partial charge in [-0.25, -0.2) is 0 Å². The molecule has 0 aliphatic carbocycles. The smallest absolute Gasteiger partial charge is 0.306 e. The van der Waals surface area contributed by atoms with Crippen molar-refractivity contribution in [2.45, 2.75) is 374 Å². The molecule has 6 nitrogen and oxygen atoms in total. The predicted octanol–water partition coefficient (Wildman–Crippen LogP) is 22.8. The normalized spacial score (nSPS) is 12.2. The van der Waals surface area contributed by atoms with E-state index >= 15 is 0 Å². The minimum Gasteiger partial charge on any atom is -0.462 e. The number of allylic oxidation sites excluding steroid dienone is 6. The van der Waals surface area contributed by atoms with Gasteiger partial charge in [-0.1, -0.05) is 327 Å². The highest BCUT2D eigenvalue weighted by atomic mass is 16.6. The third-order valence-corrected chi connectivity index (χ3v) is 15.1. The molecule has 75 heavy (non-hydrogen) atoms. The van der Waals surface area contributed by atoms with Gasteiger partial charge >= 0.3 is 17.9 Å². The number of hydrogen-bond donors (Lipinski definition) is 0. The second-order valence-corrected chi connectivity index (χ2v) is 22.7. The van der Waals surface area contributed by atoms with Crippen LogP contribution in [0.2, 0.25) is 0 Å². The van der Waals surface area contributed by atoms with Crippen LogP contribution in [-0.4, -0.2) is 37.2 Å². The van der Waals surface area contributed by atoms with Crippen molar-refractivity contribution in [2.24, 2.45) is 0 Å². The number of unbranched alkanes of at least 4 members (excludes halogenated alkanes) is 45. The zero-order valence-corrected chi connectivity index (χ0v) is 50.6. The fourth-order valence-electron chi connectivity index (χ4n) is 10.1. The number of carbonyl (C=O) groups is 3. The predicted molar refractivity (Wildman–Crippen MR) is 326 cm³/mol. The summed E-state index contributed by atoms with van der Waals surface area (Å²) in [6, 6.07) is 0. The Hall–Kier alpha value is -2.37. The Morgan fingerprint density at radius 1 is 0.267 bits per heavy atom. The van der Waals surface area contributed by atoms with E-state index in [4.69, 9.17) is 14.2 Å². The van der Waals surface area contributed by atoms with Gasteiger partial charge in [0, 0.05) is 19.3 Å². The Morgan fingerprint density at radius 3 is 0.773 bits per heavy atom. The van der Waals surface area contributed by atoms with Gasteiger partial charge in [0.1, 0.15) is 13.2 Å². The number of rotatable bonds is 62. The van der Waals surface area contributed by atoms with Gasteiger partial charge in [-0.2, -0.15) is 0 Å². The molecule has 0 aliphatic heterocycles. The van der Waals surface area contributed by atoms with Crippen molar-refractivity contribution < 1.29 is 28.6 Å². The van der Waals surface area contributed by atoms with Crippen molar-refractivity contribution in [3.63, 3.8) is 0 Å². The maximum Gasteiger partial charge on any atom is 0.306 e. The zero-order valence-electron chi connectivity index (χ0n) is 50.6. The van der Waals surface area contributed by atoms with Gasteiger partial charge in [-0.3, -0.25) is 14.4 Å². The molecule has 0 saturated heterocycles. The van der Waals surface area contributed by atoms with Crippen LogP contribution < -0.4 is 0 Å². The van der Waals surface area contributed by atoms with Crippen LogP contribution in [0, 0.1) is 0 Å². The summed E-state index contributed by atoms with van der Waals surface area (Å²) in [6.07, 6.45) is 78.6. The average Bonchev–Trinajstić information content (AvgIpc) is 3.41. The van der Waals surface area contributed by atoms with Crippen LogP contribution in [-0.2, 0) is 28.6 Å². The first-order valence-corrected chi connectivity index (χ1v) is 33.5. The minimum absolute atomic E-state index is 0.0719. The largest absolute Gasteiger partial charge is 0.462 e. The summed E-state index contributed by atoms with van der Waals surface area (Å²) >= 11 is 0. The first kappa shape index (κ1) is 72.6. The summed E-state index contributed by atoms with van der Waals surface area (Å²) in [5.41, 5.74) is 0. The number of hydrogen-bond acceptors (Lipinski definition) is 6. The van der Waals surface area contributed by atoms with Gasteiger partial charge in [0.25, 0.3) is 0 Å². The Kier molecular flexibility index (Phi) is 62.1. The second kappa shape index (κ2) is 64.2. The van der Waals surface area contributed by atoms with Crippen LogP contribution in [0.15, 0.2) is 36.5 Å². The molecule has 1 atom stereocenters. The van der Waals surface area contributed by atoms with Crippen molar-refractivity contribution in [1.29, 1.82) is 0 Å². The molecule has 0 amide bonds.